The number of aryl methyl sites for hydroxylation is 2. The van der Waals surface area contributed by atoms with Gasteiger partial charge >= 0.3 is 0 Å². The molecule has 3 aromatic carbocycles. The fraction of sp³-hybridized carbons (Fsp3) is 0.148. The summed E-state index contributed by atoms with van der Waals surface area (Å²) in [5.41, 5.74) is 3.42. The minimum Gasteiger partial charge on any atom is -0.372 e. The van der Waals surface area contributed by atoms with Gasteiger partial charge in [-0.25, -0.2) is 5.43 Å². The van der Waals surface area contributed by atoms with E-state index in [1.807, 2.05) is 19.9 Å². The summed E-state index contributed by atoms with van der Waals surface area (Å²) in [5.74, 6) is -3.45. The number of hydrogen-bond acceptors (Lipinski definition) is 6. The van der Waals surface area contributed by atoms with Crippen LogP contribution in [0, 0.1) is 19.8 Å². The van der Waals surface area contributed by atoms with Crippen molar-refractivity contribution in [3.05, 3.63) is 101 Å². The number of amides is 3. The summed E-state index contributed by atoms with van der Waals surface area (Å²) in [6.07, 6.45) is 1.03. The first-order valence-corrected chi connectivity index (χ1v) is 11.6. The number of benzene rings is 3. The quantitative estimate of drug-likeness (QED) is 0.209. The maximum atomic E-state index is 13.2. The number of hydrogen-bond donors (Lipinski definition) is 3. The molecule has 8 nitrogen and oxygen atoms in total. The number of carbonyl (C=O) groups is 3. The van der Waals surface area contributed by atoms with E-state index in [1.54, 1.807) is 72.8 Å². The summed E-state index contributed by atoms with van der Waals surface area (Å²) < 4.78 is 0. The third-order valence-electron chi connectivity index (χ3n) is 6.05. The number of hydrazone groups is 1. The molecule has 1 heterocycles. The standard InChI is InChI=1S/C27H24N4O4S/c1-17-13-14-21(15-18(17)2)31-24(33)22(23(32)29-26(31)36)16-28-30-25(34)27(35,19-9-5-3-6-10-19)20-11-7-4-8-12-20/h3-16,22,35H,1-2H3,(H,30,34)(H,29,32,36)/b28-16-/t22-/m1/s1. The second-order valence-corrected chi connectivity index (χ2v) is 8.76. The number of rotatable bonds is 6. The van der Waals surface area contributed by atoms with E-state index in [4.69, 9.17) is 12.2 Å². The van der Waals surface area contributed by atoms with E-state index in [0.29, 0.717) is 16.8 Å². The van der Waals surface area contributed by atoms with Crippen LogP contribution >= 0.6 is 12.2 Å². The van der Waals surface area contributed by atoms with Crippen LogP contribution in [-0.2, 0) is 20.0 Å². The van der Waals surface area contributed by atoms with Crippen LogP contribution in [0.1, 0.15) is 22.3 Å². The highest BCUT2D eigenvalue weighted by atomic mass is 32.1. The van der Waals surface area contributed by atoms with Crippen LogP contribution in [0.5, 0.6) is 0 Å². The third-order valence-corrected chi connectivity index (χ3v) is 6.34. The SMILES string of the molecule is Cc1ccc(N2C(=O)[C@H](/C=N\NC(=O)C(O)(c3ccccc3)c3ccccc3)C(=O)NC2=S)cc1C. The maximum Gasteiger partial charge on any atom is 0.281 e. The molecule has 36 heavy (non-hydrogen) atoms. The molecule has 1 atom stereocenters. The monoisotopic (exact) mass is 500 g/mol. The summed E-state index contributed by atoms with van der Waals surface area (Å²) in [5, 5.41) is 17.8. The van der Waals surface area contributed by atoms with Crippen molar-refractivity contribution in [2.24, 2.45) is 11.0 Å². The van der Waals surface area contributed by atoms with Crippen LogP contribution in [0.25, 0.3) is 0 Å². The minimum absolute atomic E-state index is 0.0375. The van der Waals surface area contributed by atoms with Crippen LogP contribution in [0.2, 0.25) is 0 Å². The molecule has 0 aromatic heterocycles. The van der Waals surface area contributed by atoms with Crippen LogP contribution in [-0.4, -0.2) is 34.2 Å². The van der Waals surface area contributed by atoms with Gasteiger partial charge in [0.25, 0.3) is 11.8 Å². The van der Waals surface area contributed by atoms with Crippen molar-refractivity contribution in [2.75, 3.05) is 4.90 Å². The summed E-state index contributed by atoms with van der Waals surface area (Å²) >= 11 is 5.23. The van der Waals surface area contributed by atoms with E-state index in [0.717, 1.165) is 17.3 Å². The fourth-order valence-corrected chi connectivity index (χ4v) is 4.17. The molecule has 0 radical (unpaired) electrons. The first-order valence-electron chi connectivity index (χ1n) is 11.2. The molecule has 0 spiro atoms. The Bertz CT molecular complexity index is 1320. The molecular formula is C27H24N4O4S. The van der Waals surface area contributed by atoms with E-state index >= 15 is 0 Å². The number of nitrogens with one attached hydrogen (secondary N) is 2. The van der Waals surface area contributed by atoms with Crippen LogP contribution in [0.15, 0.2) is 84.0 Å². The zero-order chi connectivity index (χ0) is 25.9. The predicted octanol–water partition coefficient (Wildman–Crippen LogP) is 2.71. The zero-order valence-electron chi connectivity index (χ0n) is 19.6. The molecule has 0 bridgehead atoms. The van der Waals surface area contributed by atoms with Gasteiger partial charge in [0.15, 0.2) is 16.6 Å². The Balaban J connectivity index is 1.58. The Labute approximate surface area is 213 Å². The highest BCUT2D eigenvalue weighted by molar-refractivity contribution is 7.80. The van der Waals surface area contributed by atoms with Gasteiger partial charge in [0.05, 0.1) is 5.69 Å². The van der Waals surface area contributed by atoms with E-state index in [9.17, 15) is 19.5 Å². The van der Waals surface area contributed by atoms with Crippen molar-refractivity contribution >= 4 is 47.0 Å². The molecule has 9 heteroatoms. The second-order valence-electron chi connectivity index (χ2n) is 8.38. The molecule has 1 saturated heterocycles. The number of thiocarbonyl (C=S) groups is 1. The van der Waals surface area contributed by atoms with Crippen LogP contribution < -0.4 is 15.6 Å². The predicted molar refractivity (Wildman–Crippen MR) is 140 cm³/mol. The van der Waals surface area contributed by atoms with E-state index in [1.165, 1.54) is 4.90 Å². The molecule has 1 aliphatic heterocycles. The molecule has 182 valence electrons. The first kappa shape index (κ1) is 24.9. The van der Waals surface area contributed by atoms with Crippen molar-refractivity contribution in [3.8, 4) is 0 Å². The van der Waals surface area contributed by atoms with Gasteiger partial charge in [-0.3, -0.25) is 19.3 Å². The van der Waals surface area contributed by atoms with Gasteiger partial charge in [0.2, 0.25) is 5.91 Å². The molecular weight excluding hydrogens is 476 g/mol. The van der Waals surface area contributed by atoms with Crippen molar-refractivity contribution in [1.29, 1.82) is 0 Å². The molecule has 0 unspecified atom stereocenters. The van der Waals surface area contributed by atoms with Gasteiger partial charge in [-0.15, -0.1) is 0 Å². The normalized spacial score (nSPS) is 16.2. The van der Waals surface area contributed by atoms with Crippen molar-refractivity contribution in [1.82, 2.24) is 10.7 Å². The van der Waals surface area contributed by atoms with E-state index in [-0.39, 0.29) is 5.11 Å². The molecule has 1 aliphatic rings. The van der Waals surface area contributed by atoms with Crippen molar-refractivity contribution in [3.63, 3.8) is 0 Å². The Morgan fingerprint density at radius 1 is 1.00 bits per heavy atom. The number of nitrogens with zero attached hydrogens (tertiary/aromatic N) is 2. The van der Waals surface area contributed by atoms with Crippen LogP contribution in [0.4, 0.5) is 5.69 Å². The lowest BCUT2D eigenvalue weighted by Crippen LogP contribution is -2.58. The van der Waals surface area contributed by atoms with Gasteiger partial charge in [-0.1, -0.05) is 66.7 Å². The van der Waals surface area contributed by atoms with E-state index < -0.39 is 29.2 Å². The molecule has 1 fully saturated rings. The summed E-state index contributed by atoms with van der Waals surface area (Å²) in [7, 11) is 0. The topological polar surface area (TPSA) is 111 Å². The first-order chi connectivity index (χ1) is 17.2. The molecule has 3 N–H and O–H groups in total. The lowest BCUT2D eigenvalue weighted by molar-refractivity contribution is -0.137. The minimum atomic E-state index is -2.05. The van der Waals surface area contributed by atoms with Crippen molar-refractivity contribution in [2.45, 2.75) is 19.4 Å². The Morgan fingerprint density at radius 2 is 1.58 bits per heavy atom. The average Bonchev–Trinajstić information content (AvgIpc) is 2.88. The highest BCUT2D eigenvalue weighted by Gasteiger charge is 2.41. The Kier molecular flexibility index (Phi) is 7.05. The van der Waals surface area contributed by atoms with Gasteiger partial charge in [0.1, 0.15) is 0 Å². The molecule has 3 amide bonds. The second kappa shape index (κ2) is 10.2. The van der Waals surface area contributed by atoms with Gasteiger partial charge < -0.3 is 10.4 Å². The van der Waals surface area contributed by atoms with E-state index in [2.05, 4.69) is 15.8 Å². The summed E-state index contributed by atoms with van der Waals surface area (Å²) in [4.78, 5) is 40.1. The Hall–Kier alpha value is -4.21. The Morgan fingerprint density at radius 3 is 2.14 bits per heavy atom. The fourth-order valence-electron chi connectivity index (χ4n) is 3.87. The molecule has 0 saturated carbocycles. The molecule has 3 aromatic rings. The smallest absolute Gasteiger partial charge is 0.281 e. The van der Waals surface area contributed by atoms with Gasteiger partial charge in [-0.05, 0) is 60.5 Å². The number of anilines is 1. The summed E-state index contributed by atoms with van der Waals surface area (Å²) in [6.45, 7) is 3.85. The lowest BCUT2D eigenvalue weighted by atomic mass is 9.85. The number of aliphatic hydroxyl groups is 1. The third kappa shape index (κ3) is 4.66. The lowest BCUT2D eigenvalue weighted by Gasteiger charge is -2.31. The number of carbonyl (C=O) groups excluding carboxylic acids is 3. The van der Waals surface area contributed by atoms with Crippen molar-refractivity contribution < 1.29 is 19.5 Å². The zero-order valence-corrected chi connectivity index (χ0v) is 20.5. The average molecular weight is 501 g/mol. The molecule has 4 rings (SSSR count). The van der Waals surface area contributed by atoms with Gasteiger partial charge in [0, 0.05) is 6.21 Å². The maximum absolute atomic E-state index is 13.2. The van der Waals surface area contributed by atoms with Crippen LogP contribution in [0.3, 0.4) is 0 Å². The van der Waals surface area contributed by atoms with Gasteiger partial charge in [-0.2, -0.15) is 5.10 Å². The highest BCUT2D eigenvalue weighted by Crippen LogP contribution is 2.30. The molecule has 0 aliphatic carbocycles. The summed E-state index contributed by atoms with van der Waals surface area (Å²) in [6, 6.07) is 22.2. The largest absolute Gasteiger partial charge is 0.372 e.